The highest BCUT2D eigenvalue weighted by atomic mass is 32.2. The molecule has 0 fully saturated rings. The summed E-state index contributed by atoms with van der Waals surface area (Å²) < 4.78 is 29.0. The fourth-order valence-corrected chi connectivity index (χ4v) is 1.34. The third-order valence-corrected chi connectivity index (χ3v) is 2.32. The molecule has 1 heterocycles. The zero-order valence-corrected chi connectivity index (χ0v) is 5.50. The molecule has 0 aromatic carbocycles. The zero-order chi connectivity index (χ0) is 6.91. The summed E-state index contributed by atoms with van der Waals surface area (Å²) >= 11 is 0. The van der Waals surface area contributed by atoms with Crippen LogP contribution >= 0.6 is 0 Å². The van der Waals surface area contributed by atoms with Crippen LogP contribution in [0.25, 0.3) is 0 Å². The van der Waals surface area contributed by atoms with Crippen molar-refractivity contribution in [1.29, 1.82) is 0 Å². The summed E-state index contributed by atoms with van der Waals surface area (Å²) in [4.78, 5) is 3.67. The average Bonchev–Trinajstić information content (AvgIpc) is 2.08. The van der Waals surface area contributed by atoms with Crippen LogP contribution in [0.2, 0.25) is 0 Å². The first-order valence-corrected chi connectivity index (χ1v) is 4.07. The second-order valence-corrected chi connectivity index (χ2v) is 3.53. The molecule has 1 N–H and O–H groups in total. The number of nitrogens with zero attached hydrogens (tertiary/aromatic N) is 1. The molecule has 0 aromatic heterocycles. The van der Waals surface area contributed by atoms with Gasteiger partial charge in [0, 0.05) is 12.8 Å². The lowest BCUT2D eigenvalue weighted by atomic mass is 10.4. The Hall–Kier alpha value is -0.420. The predicted octanol–water partition coefficient (Wildman–Crippen LogP) is -0.283. The SMILES string of the molecule is O=S(=O)(O)C1C=NCC1. The fraction of sp³-hybridized carbons (Fsp3) is 0.750. The van der Waals surface area contributed by atoms with E-state index in [4.69, 9.17) is 4.55 Å². The van der Waals surface area contributed by atoms with Crippen LogP contribution in [0, 0.1) is 0 Å². The highest BCUT2D eigenvalue weighted by molar-refractivity contribution is 7.87. The lowest BCUT2D eigenvalue weighted by Gasteiger charge is -1.97. The molecule has 1 rings (SSSR count). The van der Waals surface area contributed by atoms with E-state index in [1.54, 1.807) is 0 Å². The van der Waals surface area contributed by atoms with E-state index < -0.39 is 15.4 Å². The van der Waals surface area contributed by atoms with E-state index in [-0.39, 0.29) is 0 Å². The van der Waals surface area contributed by atoms with Crippen molar-refractivity contribution >= 4 is 16.3 Å². The Morgan fingerprint density at radius 2 is 2.33 bits per heavy atom. The minimum atomic E-state index is -3.85. The van der Waals surface area contributed by atoms with Gasteiger partial charge in [0.1, 0.15) is 5.25 Å². The van der Waals surface area contributed by atoms with Crippen molar-refractivity contribution in [2.75, 3.05) is 6.54 Å². The second-order valence-electron chi connectivity index (χ2n) is 1.90. The van der Waals surface area contributed by atoms with Crippen LogP contribution in [0.5, 0.6) is 0 Å². The molecule has 0 radical (unpaired) electrons. The fourth-order valence-electron chi connectivity index (χ4n) is 0.694. The molecule has 0 saturated carbocycles. The molecule has 5 heteroatoms. The van der Waals surface area contributed by atoms with Gasteiger partial charge < -0.3 is 0 Å². The summed E-state index contributed by atoms with van der Waals surface area (Å²) in [6.07, 6.45) is 1.69. The van der Waals surface area contributed by atoms with Crippen LogP contribution in [-0.4, -0.2) is 31.0 Å². The Kier molecular flexibility index (Phi) is 1.54. The molecule has 0 saturated heterocycles. The lowest BCUT2D eigenvalue weighted by molar-refractivity contribution is 0.477. The van der Waals surface area contributed by atoms with Gasteiger partial charge in [0.25, 0.3) is 10.1 Å². The van der Waals surface area contributed by atoms with Gasteiger partial charge in [0.2, 0.25) is 0 Å². The molecule has 9 heavy (non-hydrogen) atoms. The lowest BCUT2D eigenvalue weighted by Crippen LogP contribution is -2.18. The Bertz CT molecular complexity index is 218. The minimum Gasteiger partial charge on any atom is -0.296 e. The summed E-state index contributed by atoms with van der Waals surface area (Å²) in [5.41, 5.74) is 0. The van der Waals surface area contributed by atoms with Crippen molar-refractivity contribution in [3.05, 3.63) is 0 Å². The first-order valence-electron chi connectivity index (χ1n) is 2.57. The number of hydrogen-bond donors (Lipinski definition) is 1. The van der Waals surface area contributed by atoms with Gasteiger partial charge in [0.05, 0.1) is 0 Å². The van der Waals surface area contributed by atoms with Gasteiger partial charge in [-0.1, -0.05) is 0 Å². The van der Waals surface area contributed by atoms with E-state index in [1.807, 2.05) is 0 Å². The Morgan fingerprint density at radius 3 is 2.56 bits per heavy atom. The first-order chi connectivity index (χ1) is 4.11. The molecule has 1 aliphatic heterocycles. The van der Waals surface area contributed by atoms with Crippen LogP contribution in [0.15, 0.2) is 4.99 Å². The van der Waals surface area contributed by atoms with E-state index in [0.717, 1.165) is 0 Å². The van der Waals surface area contributed by atoms with Crippen LogP contribution in [0.1, 0.15) is 6.42 Å². The average molecular weight is 149 g/mol. The largest absolute Gasteiger partial charge is 0.296 e. The molecule has 0 spiro atoms. The first kappa shape index (κ1) is 6.70. The Morgan fingerprint density at radius 1 is 1.67 bits per heavy atom. The maximum absolute atomic E-state index is 10.3. The molecule has 0 amide bonds. The molecule has 0 aliphatic carbocycles. The second kappa shape index (κ2) is 2.07. The monoisotopic (exact) mass is 149 g/mol. The number of aliphatic imine (C=N–C) groups is 1. The van der Waals surface area contributed by atoms with Gasteiger partial charge in [-0.3, -0.25) is 9.55 Å². The van der Waals surface area contributed by atoms with Crippen LogP contribution in [0.3, 0.4) is 0 Å². The molecule has 1 atom stereocenters. The molecule has 52 valence electrons. The van der Waals surface area contributed by atoms with Crippen molar-refractivity contribution in [1.82, 2.24) is 0 Å². The van der Waals surface area contributed by atoms with Gasteiger partial charge in [-0.25, -0.2) is 0 Å². The highest BCUT2D eigenvalue weighted by Crippen LogP contribution is 2.06. The van der Waals surface area contributed by atoms with Crippen molar-refractivity contribution in [3.8, 4) is 0 Å². The van der Waals surface area contributed by atoms with Crippen molar-refractivity contribution in [2.45, 2.75) is 11.7 Å². The molecular weight excluding hydrogens is 142 g/mol. The van der Waals surface area contributed by atoms with Gasteiger partial charge in [0.15, 0.2) is 0 Å². The molecule has 0 bridgehead atoms. The van der Waals surface area contributed by atoms with E-state index in [1.165, 1.54) is 6.21 Å². The van der Waals surface area contributed by atoms with Crippen molar-refractivity contribution in [3.63, 3.8) is 0 Å². The quantitative estimate of drug-likeness (QED) is 0.521. The summed E-state index contributed by atoms with van der Waals surface area (Å²) in [5, 5.41) is -0.752. The maximum Gasteiger partial charge on any atom is 0.272 e. The van der Waals surface area contributed by atoms with E-state index >= 15 is 0 Å². The van der Waals surface area contributed by atoms with E-state index in [0.29, 0.717) is 13.0 Å². The van der Waals surface area contributed by atoms with Gasteiger partial charge in [-0.05, 0) is 6.42 Å². The number of hydrogen-bond acceptors (Lipinski definition) is 3. The zero-order valence-electron chi connectivity index (χ0n) is 4.69. The Labute approximate surface area is 53.4 Å². The highest BCUT2D eigenvalue weighted by Gasteiger charge is 2.22. The Balaban J connectivity index is 2.76. The van der Waals surface area contributed by atoms with Crippen LogP contribution in [-0.2, 0) is 10.1 Å². The van der Waals surface area contributed by atoms with Crippen molar-refractivity contribution < 1.29 is 13.0 Å². The summed E-state index contributed by atoms with van der Waals surface area (Å²) in [6, 6.07) is 0. The third kappa shape index (κ3) is 1.49. The molecule has 1 aliphatic rings. The molecule has 4 nitrogen and oxygen atoms in total. The van der Waals surface area contributed by atoms with Crippen molar-refractivity contribution in [2.24, 2.45) is 4.99 Å². The van der Waals surface area contributed by atoms with Crippen LogP contribution < -0.4 is 0 Å². The van der Waals surface area contributed by atoms with Gasteiger partial charge >= 0.3 is 0 Å². The third-order valence-electron chi connectivity index (χ3n) is 1.20. The van der Waals surface area contributed by atoms with Crippen LogP contribution in [0.4, 0.5) is 0 Å². The maximum atomic E-state index is 10.3. The van der Waals surface area contributed by atoms with E-state index in [2.05, 4.69) is 4.99 Å². The normalized spacial score (nSPS) is 27.0. The molecule has 1 unspecified atom stereocenters. The standard InChI is InChI=1S/C4H7NO3S/c6-9(7,8)4-1-2-5-3-4/h3-4H,1-2H2,(H,6,7,8). The minimum absolute atomic E-state index is 0.416. The van der Waals surface area contributed by atoms with Gasteiger partial charge in [-0.2, -0.15) is 8.42 Å². The predicted molar refractivity (Wildman–Crippen MR) is 33.3 cm³/mol. The molecular formula is C4H7NO3S. The van der Waals surface area contributed by atoms with E-state index in [9.17, 15) is 8.42 Å². The topological polar surface area (TPSA) is 66.7 Å². The molecule has 0 aromatic rings. The van der Waals surface area contributed by atoms with Gasteiger partial charge in [-0.15, -0.1) is 0 Å². The summed E-state index contributed by atoms with van der Waals surface area (Å²) in [6.45, 7) is 0.504. The smallest absolute Gasteiger partial charge is 0.272 e. The number of rotatable bonds is 1. The summed E-state index contributed by atoms with van der Waals surface area (Å²) in [5.74, 6) is 0. The summed E-state index contributed by atoms with van der Waals surface area (Å²) in [7, 11) is -3.85.